The molecular formula is C30H47N3O5. The number of carbonyl (C=O) groups excluding carboxylic acids is 3. The monoisotopic (exact) mass is 529 g/mol. The number of nitrogens with one attached hydrogen (secondary N) is 2. The van der Waals surface area contributed by atoms with E-state index in [0.717, 1.165) is 51.4 Å². The number of nitrogens with zero attached hydrogens (tertiary/aromatic N) is 1. The minimum absolute atomic E-state index is 0.0222. The van der Waals surface area contributed by atoms with Gasteiger partial charge in [-0.25, -0.2) is 4.79 Å². The Hall–Kier alpha value is -2.77. The lowest BCUT2D eigenvalue weighted by Crippen LogP contribution is -2.58. The van der Waals surface area contributed by atoms with Crippen LogP contribution in [0.4, 0.5) is 4.79 Å². The van der Waals surface area contributed by atoms with E-state index in [9.17, 15) is 19.5 Å². The van der Waals surface area contributed by atoms with Crippen LogP contribution in [0.25, 0.3) is 0 Å². The van der Waals surface area contributed by atoms with Crippen LogP contribution in [0, 0.1) is 12.8 Å². The molecule has 2 aliphatic rings. The van der Waals surface area contributed by atoms with E-state index >= 15 is 0 Å². The Bertz CT molecular complexity index is 977. The zero-order valence-electron chi connectivity index (χ0n) is 24.0. The first kappa shape index (κ1) is 29.8. The zero-order valence-corrected chi connectivity index (χ0v) is 24.0. The molecule has 0 saturated heterocycles. The fourth-order valence-electron chi connectivity index (χ4n) is 5.35. The molecule has 38 heavy (non-hydrogen) atoms. The summed E-state index contributed by atoms with van der Waals surface area (Å²) >= 11 is 0. The lowest BCUT2D eigenvalue weighted by atomic mass is 9.86. The van der Waals surface area contributed by atoms with Crippen LogP contribution in [-0.4, -0.2) is 51.6 Å². The summed E-state index contributed by atoms with van der Waals surface area (Å²) in [4.78, 5) is 42.7. The van der Waals surface area contributed by atoms with Crippen molar-refractivity contribution in [3.63, 3.8) is 0 Å². The van der Waals surface area contributed by atoms with Crippen LogP contribution in [-0.2, 0) is 14.3 Å². The van der Waals surface area contributed by atoms with Crippen molar-refractivity contribution >= 4 is 17.9 Å². The van der Waals surface area contributed by atoms with Gasteiger partial charge in [-0.1, -0.05) is 51.3 Å². The van der Waals surface area contributed by atoms with Gasteiger partial charge in [0.15, 0.2) is 0 Å². The Morgan fingerprint density at radius 3 is 2.26 bits per heavy atom. The fourth-order valence-corrected chi connectivity index (χ4v) is 5.35. The van der Waals surface area contributed by atoms with Crippen molar-refractivity contribution in [2.45, 2.75) is 129 Å². The minimum Gasteiger partial charge on any atom is -0.507 e. The van der Waals surface area contributed by atoms with Gasteiger partial charge in [0, 0.05) is 17.6 Å². The Labute approximate surface area is 227 Å². The summed E-state index contributed by atoms with van der Waals surface area (Å²) in [5, 5.41) is 17.1. The Morgan fingerprint density at radius 2 is 1.71 bits per heavy atom. The molecule has 0 aliphatic heterocycles. The number of carbonyl (C=O) groups is 3. The molecule has 0 spiro atoms. The number of rotatable bonds is 9. The highest BCUT2D eigenvalue weighted by atomic mass is 16.6. The molecule has 2 atom stereocenters. The van der Waals surface area contributed by atoms with Gasteiger partial charge in [0.05, 0.1) is 0 Å². The van der Waals surface area contributed by atoms with Crippen LogP contribution in [0.1, 0.15) is 110 Å². The topological polar surface area (TPSA) is 108 Å². The fraction of sp³-hybridized carbons (Fsp3) is 0.700. The van der Waals surface area contributed by atoms with Gasteiger partial charge in [0.1, 0.15) is 23.4 Å². The standard InChI is InChI=1S/C30H47N3O5/c1-19(2)18-24(32-29(37)38-30(4,5)6)28(36)33(22-15-11-16-22)25(23-17-10-12-20(3)26(23)34)27(35)31-21-13-8-7-9-14-21/h10,12,17,19,21-22,24-25,34H,7-9,11,13-16,18H2,1-6H3,(H,31,35)(H,32,37). The van der Waals surface area contributed by atoms with Crippen molar-refractivity contribution in [2.24, 2.45) is 5.92 Å². The van der Waals surface area contributed by atoms with Crippen LogP contribution in [0.5, 0.6) is 5.75 Å². The van der Waals surface area contributed by atoms with Gasteiger partial charge in [-0.2, -0.15) is 0 Å². The molecule has 3 rings (SSSR count). The zero-order chi connectivity index (χ0) is 28.0. The van der Waals surface area contributed by atoms with Gasteiger partial charge >= 0.3 is 6.09 Å². The number of amides is 3. The number of phenols is 1. The van der Waals surface area contributed by atoms with Gasteiger partial charge in [0.25, 0.3) is 0 Å². The smallest absolute Gasteiger partial charge is 0.408 e. The van der Waals surface area contributed by atoms with Gasteiger partial charge in [-0.15, -0.1) is 0 Å². The lowest BCUT2D eigenvalue weighted by Gasteiger charge is -2.44. The second kappa shape index (κ2) is 12.9. The van der Waals surface area contributed by atoms with E-state index in [1.165, 1.54) is 0 Å². The largest absolute Gasteiger partial charge is 0.507 e. The first-order chi connectivity index (χ1) is 17.9. The highest BCUT2D eigenvalue weighted by Crippen LogP contribution is 2.38. The third-order valence-corrected chi connectivity index (χ3v) is 7.46. The van der Waals surface area contributed by atoms with Gasteiger partial charge < -0.3 is 25.4 Å². The van der Waals surface area contributed by atoms with Gasteiger partial charge in [0.2, 0.25) is 11.8 Å². The number of aromatic hydroxyl groups is 1. The highest BCUT2D eigenvalue weighted by Gasteiger charge is 2.43. The minimum atomic E-state index is -0.996. The van der Waals surface area contributed by atoms with Crippen LogP contribution < -0.4 is 10.6 Å². The summed E-state index contributed by atoms with van der Waals surface area (Å²) in [6, 6.07) is 3.36. The number of hydrogen-bond donors (Lipinski definition) is 3. The van der Waals surface area contributed by atoms with Crippen molar-refractivity contribution < 1.29 is 24.2 Å². The number of benzene rings is 1. The third-order valence-electron chi connectivity index (χ3n) is 7.46. The number of hydrogen-bond acceptors (Lipinski definition) is 5. The number of aryl methyl sites for hydroxylation is 1. The summed E-state index contributed by atoms with van der Waals surface area (Å²) in [5.74, 6) is -0.462. The molecule has 2 unspecified atom stereocenters. The SMILES string of the molecule is Cc1cccc(C(C(=O)NC2CCCCC2)N(C(=O)C(CC(C)C)NC(=O)OC(C)(C)C)C2CCC2)c1O. The van der Waals surface area contributed by atoms with Crippen LogP contribution in [0.15, 0.2) is 18.2 Å². The van der Waals surface area contributed by atoms with Crippen molar-refractivity contribution in [2.75, 3.05) is 0 Å². The van der Waals surface area contributed by atoms with Crippen LogP contribution >= 0.6 is 0 Å². The average molecular weight is 530 g/mol. The molecular weight excluding hydrogens is 482 g/mol. The molecule has 2 aliphatic carbocycles. The van der Waals surface area contributed by atoms with E-state index in [0.29, 0.717) is 17.5 Å². The molecule has 3 N–H and O–H groups in total. The maximum Gasteiger partial charge on any atom is 0.408 e. The second-order valence-electron chi connectivity index (χ2n) is 12.4. The molecule has 1 aromatic carbocycles. The van der Waals surface area contributed by atoms with Crippen molar-refractivity contribution in [3.8, 4) is 5.75 Å². The molecule has 0 radical (unpaired) electrons. The van der Waals surface area contributed by atoms with Gasteiger partial charge in [-0.3, -0.25) is 9.59 Å². The summed E-state index contributed by atoms with van der Waals surface area (Å²) in [6.07, 6.45) is 7.34. The molecule has 1 aromatic rings. The Balaban J connectivity index is 2.00. The summed E-state index contributed by atoms with van der Waals surface area (Å²) in [6.45, 7) is 11.1. The number of ether oxygens (including phenoxy) is 1. The van der Waals surface area contributed by atoms with Gasteiger partial charge in [-0.05, 0) is 77.7 Å². The molecule has 2 fully saturated rings. The van der Waals surface area contributed by atoms with E-state index in [1.807, 2.05) is 13.8 Å². The lowest BCUT2D eigenvalue weighted by molar-refractivity contribution is -0.148. The van der Waals surface area contributed by atoms with E-state index < -0.39 is 23.8 Å². The number of alkyl carbamates (subject to hydrolysis) is 1. The predicted molar refractivity (Wildman–Crippen MR) is 148 cm³/mol. The summed E-state index contributed by atoms with van der Waals surface area (Å²) < 4.78 is 5.47. The van der Waals surface area contributed by atoms with E-state index in [1.54, 1.807) is 50.8 Å². The second-order valence-corrected chi connectivity index (χ2v) is 12.4. The predicted octanol–water partition coefficient (Wildman–Crippen LogP) is 5.51. The molecule has 212 valence electrons. The molecule has 0 aromatic heterocycles. The average Bonchev–Trinajstić information content (AvgIpc) is 2.78. The van der Waals surface area contributed by atoms with Crippen LogP contribution in [0.3, 0.4) is 0 Å². The molecule has 0 bridgehead atoms. The number of phenolic OH excluding ortho intramolecular Hbond substituents is 1. The summed E-state index contributed by atoms with van der Waals surface area (Å²) in [5.41, 5.74) is 0.350. The van der Waals surface area contributed by atoms with E-state index in [-0.39, 0.29) is 35.6 Å². The van der Waals surface area contributed by atoms with Crippen molar-refractivity contribution in [1.29, 1.82) is 0 Å². The number of para-hydroxylation sites is 1. The van der Waals surface area contributed by atoms with Crippen molar-refractivity contribution in [3.05, 3.63) is 29.3 Å². The molecule has 2 saturated carbocycles. The molecule has 8 nitrogen and oxygen atoms in total. The Morgan fingerprint density at radius 1 is 1.05 bits per heavy atom. The first-order valence-electron chi connectivity index (χ1n) is 14.3. The van der Waals surface area contributed by atoms with E-state index in [4.69, 9.17) is 4.74 Å². The quantitative estimate of drug-likeness (QED) is 0.391. The maximum absolute atomic E-state index is 14.3. The van der Waals surface area contributed by atoms with Crippen molar-refractivity contribution in [1.82, 2.24) is 15.5 Å². The highest BCUT2D eigenvalue weighted by molar-refractivity contribution is 5.93. The molecule has 0 heterocycles. The first-order valence-corrected chi connectivity index (χ1v) is 14.3. The van der Waals surface area contributed by atoms with E-state index in [2.05, 4.69) is 10.6 Å². The molecule has 3 amide bonds. The normalized spacial score (nSPS) is 18.3. The summed E-state index contributed by atoms with van der Waals surface area (Å²) in [7, 11) is 0. The third kappa shape index (κ3) is 7.87. The maximum atomic E-state index is 14.3. The van der Waals surface area contributed by atoms with Crippen LogP contribution in [0.2, 0.25) is 0 Å². The Kier molecular flexibility index (Phi) is 10.1. The molecule has 8 heteroatoms.